The smallest absolute Gasteiger partial charge is 0.324 e. The number of hydrogen-bond acceptors (Lipinski definition) is 7. The first-order chi connectivity index (χ1) is 11.7. The summed E-state index contributed by atoms with van der Waals surface area (Å²) in [6.07, 6.45) is 1.87. The van der Waals surface area contributed by atoms with E-state index in [0.29, 0.717) is 23.6 Å². The Labute approximate surface area is 139 Å². The third kappa shape index (κ3) is 2.89. The van der Waals surface area contributed by atoms with Gasteiger partial charge in [0.2, 0.25) is 11.7 Å². The summed E-state index contributed by atoms with van der Waals surface area (Å²) in [6.45, 7) is 5.57. The SMILES string of the molecule is Cc1ccc(-c2noc(N3CCC(c4nc(C)no4)CC3)n2)cc1. The highest BCUT2D eigenvalue weighted by atomic mass is 16.5. The van der Waals surface area contributed by atoms with Gasteiger partial charge in [-0.3, -0.25) is 0 Å². The predicted octanol–water partition coefficient (Wildman–Crippen LogP) is 3.12. The second-order valence-corrected chi connectivity index (χ2v) is 6.21. The Bertz CT molecular complexity index is 816. The zero-order valence-electron chi connectivity index (χ0n) is 13.8. The molecular formula is C17H19N5O2. The second-order valence-electron chi connectivity index (χ2n) is 6.21. The van der Waals surface area contributed by atoms with Gasteiger partial charge >= 0.3 is 6.01 Å². The van der Waals surface area contributed by atoms with E-state index in [4.69, 9.17) is 9.05 Å². The molecule has 0 bridgehead atoms. The molecule has 1 fully saturated rings. The van der Waals surface area contributed by atoms with Crippen molar-refractivity contribution in [1.82, 2.24) is 20.3 Å². The zero-order chi connectivity index (χ0) is 16.5. The van der Waals surface area contributed by atoms with Crippen LogP contribution in [0.3, 0.4) is 0 Å². The molecular weight excluding hydrogens is 306 g/mol. The molecule has 0 atom stereocenters. The Morgan fingerprint density at radius 2 is 1.71 bits per heavy atom. The standard InChI is InChI=1S/C17H19N5O2/c1-11-3-5-13(6-4-11)15-19-17(24-21-15)22-9-7-14(8-10-22)16-18-12(2)20-23-16/h3-6,14H,7-10H2,1-2H3. The zero-order valence-corrected chi connectivity index (χ0v) is 13.8. The van der Waals surface area contributed by atoms with Crippen LogP contribution in [0, 0.1) is 13.8 Å². The van der Waals surface area contributed by atoms with Crippen molar-refractivity contribution >= 4 is 6.01 Å². The normalized spacial score (nSPS) is 15.8. The number of aromatic nitrogens is 4. The fourth-order valence-corrected chi connectivity index (χ4v) is 2.96. The highest BCUT2D eigenvalue weighted by Crippen LogP contribution is 2.29. The molecule has 1 saturated heterocycles. The summed E-state index contributed by atoms with van der Waals surface area (Å²) in [5.41, 5.74) is 2.17. The van der Waals surface area contributed by atoms with Crippen molar-refractivity contribution in [2.45, 2.75) is 32.6 Å². The maximum atomic E-state index is 5.45. The van der Waals surface area contributed by atoms with Crippen LogP contribution in [0.25, 0.3) is 11.4 Å². The fourth-order valence-electron chi connectivity index (χ4n) is 2.96. The Morgan fingerprint density at radius 1 is 0.958 bits per heavy atom. The molecule has 0 aliphatic carbocycles. The first kappa shape index (κ1) is 14.9. The van der Waals surface area contributed by atoms with E-state index in [0.717, 1.165) is 37.4 Å². The summed E-state index contributed by atoms with van der Waals surface area (Å²) in [5, 5.41) is 7.97. The molecule has 0 spiro atoms. The Morgan fingerprint density at radius 3 is 2.38 bits per heavy atom. The molecule has 0 amide bonds. The number of piperidine rings is 1. The molecule has 0 unspecified atom stereocenters. The van der Waals surface area contributed by atoms with Crippen molar-refractivity contribution in [1.29, 1.82) is 0 Å². The molecule has 7 nitrogen and oxygen atoms in total. The molecule has 1 aliphatic heterocycles. The lowest BCUT2D eigenvalue weighted by atomic mass is 9.97. The van der Waals surface area contributed by atoms with Crippen molar-refractivity contribution in [3.05, 3.63) is 41.5 Å². The molecule has 3 heterocycles. The van der Waals surface area contributed by atoms with Crippen molar-refractivity contribution in [3.8, 4) is 11.4 Å². The highest BCUT2D eigenvalue weighted by molar-refractivity contribution is 5.56. The Hall–Kier alpha value is -2.70. The predicted molar refractivity (Wildman–Crippen MR) is 87.7 cm³/mol. The summed E-state index contributed by atoms with van der Waals surface area (Å²) < 4.78 is 10.7. The van der Waals surface area contributed by atoms with Crippen molar-refractivity contribution < 1.29 is 9.05 Å². The van der Waals surface area contributed by atoms with Gasteiger partial charge in [0, 0.05) is 24.6 Å². The van der Waals surface area contributed by atoms with Gasteiger partial charge in [0.25, 0.3) is 0 Å². The third-order valence-electron chi connectivity index (χ3n) is 4.38. The monoisotopic (exact) mass is 325 g/mol. The topological polar surface area (TPSA) is 81.1 Å². The summed E-state index contributed by atoms with van der Waals surface area (Å²) >= 11 is 0. The van der Waals surface area contributed by atoms with Gasteiger partial charge in [-0.15, -0.1) is 0 Å². The minimum Gasteiger partial charge on any atom is -0.339 e. The van der Waals surface area contributed by atoms with E-state index in [-0.39, 0.29) is 0 Å². The van der Waals surface area contributed by atoms with Crippen molar-refractivity contribution in [2.75, 3.05) is 18.0 Å². The Balaban J connectivity index is 1.43. The molecule has 3 aromatic rings. The van der Waals surface area contributed by atoms with Crippen LogP contribution in [0.15, 0.2) is 33.3 Å². The molecule has 1 aliphatic rings. The molecule has 1 aromatic carbocycles. The molecule has 0 saturated carbocycles. The molecule has 124 valence electrons. The molecule has 0 N–H and O–H groups in total. The maximum Gasteiger partial charge on any atom is 0.324 e. The summed E-state index contributed by atoms with van der Waals surface area (Å²) in [4.78, 5) is 11.0. The van der Waals surface area contributed by atoms with E-state index in [2.05, 4.69) is 32.1 Å². The first-order valence-corrected chi connectivity index (χ1v) is 8.15. The lowest BCUT2D eigenvalue weighted by Gasteiger charge is -2.28. The van der Waals surface area contributed by atoms with Gasteiger partial charge in [-0.25, -0.2) is 0 Å². The molecule has 2 aromatic heterocycles. The quantitative estimate of drug-likeness (QED) is 0.731. The van der Waals surface area contributed by atoms with E-state index < -0.39 is 0 Å². The lowest BCUT2D eigenvalue weighted by Crippen LogP contribution is -2.33. The van der Waals surface area contributed by atoms with Gasteiger partial charge in [0.15, 0.2) is 5.82 Å². The van der Waals surface area contributed by atoms with E-state index in [1.54, 1.807) is 0 Å². The van der Waals surface area contributed by atoms with Crippen molar-refractivity contribution in [3.63, 3.8) is 0 Å². The molecule has 7 heteroatoms. The average molecular weight is 325 g/mol. The lowest BCUT2D eigenvalue weighted by molar-refractivity contribution is 0.321. The van der Waals surface area contributed by atoms with Gasteiger partial charge in [-0.1, -0.05) is 40.1 Å². The average Bonchev–Trinajstić information content (AvgIpc) is 3.25. The van der Waals surface area contributed by atoms with Crippen LogP contribution in [0.5, 0.6) is 0 Å². The van der Waals surface area contributed by atoms with Crippen molar-refractivity contribution in [2.24, 2.45) is 0 Å². The summed E-state index contributed by atoms with van der Waals surface area (Å²) in [6, 6.07) is 8.68. The second kappa shape index (κ2) is 6.07. The van der Waals surface area contributed by atoms with Crippen LogP contribution in [-0.4, -0.2) is 33.4 Å². The first-order valence-electron chi connectivity index (χ1n) is 8.15. The van der Waals surface area contributed by atoms with E-state index in [1.807, 2.05) is 31.2 Å². The van der Waals surface area contributed by atoms with E-state index in [9.17, 15) is 0 Å². The van der Waals surface area contributed by atoms with Crippen LogP contribution in [-0.2, 0) is 0 Å². The third-order valence-corrected chi connectivity index (χ3v) is 4.38. The molecule has 4 rings (SSSR count). The van der Waals surface area contributed by atoms with Gasteiger partial charge in [-0.05, 0) is 26.7 Å². The maximum absolute atomic E-state index is 5.45. The minimum atomic E-state index is 0.307. The van der Waals surface area contributed by atoms with Crippen LogP contribution in [0.1, 0.15) is 36.0 Å². The summed E-state index contributed by atoms with van der Waals surface area (Å²) in [5.74, 6) is 2.35. The Kier molecular flexibility index (Phi) is 3.76. The highest BCUT2D eigenvalue weighted by Gasteiger charge is 2.27. The number of nitrogens with zero attached hydrogens (tertiary/aromatic N) is 5. The van der Waals surface area contributed by atoms with Crippen LogP contribution >= 0.6 is 0 Å². The fraction of sp³-hybridized carbons (Fsp3) is 0.412. The molecule has 24 heavy (non-hydrogen) atoms. The number of aryl methyl sites for hydroxylation is 2. The van der Waals surface area contributed by atoms with Gasteiger partial charge in [0.1, 0.15) is 0 Å². The van der Waals surface area contributed by atoms with Gasteiger partial charge < -0.3 is 13.9 Å². The number of rotatable bonds is 3. The van der Waals surface area contributed by atoms with Crippen LogP contribution in [0.4, 0.5) is 6.01 Å². The van der Waals surface area contributed by atoms with Gasteiger partial charge in [-0.2, -0.15) is 9.97 Å². The molecule has 0 radical (unpaired) electrons. The van der Waals surface area contributed by atoms with E-state index >= 15 is 0 Å². The van der Waals surface area contributed by atoms with Crippen LogP contribution < -0.4 is 4.90 Å². The number of anilines is 1. The van der Waals surface area contributed by atoms with E-state index in [1.165, 1.54) is 5.56 Å². The number of hydrogen-bond donors (Lipinski definition) is 0. The van der Waals surface area contributed by atoms with Crippen LogP contribution in [0.2, 0.25) is 0 Å². The largest absolute Gasteiger partial charge is 0.339 e. The summed E-state index contributed by atoms with van der Waals surface area (Å²) in [7, 11) is 0. The number of benzene rings is 1. The minimum absolute atomic E-state index is 0.307. The van der Waals surface area contributed by atoms with Gasteiger partial charge in [0.05, 0.1) is 0 Å².